The standard InChI is InChI=1S/C8H17F/c1-4-7(2)5-6-8(3)9/h7-8H,4-6H2,1-3H3. The molecule has 56 valence electrons. The van der Waals surface area contributed by atoms with Crippen molar-refractivity contribution in [2.24, 2.45) is 5.92 Å². The molecule has 1 heteroatoms. The molecule has 0 amide bonds. The lowest BCUT2D eigenvalue weighted by Gasteiger charge is -2.07. The van der Waals surface area contributed by atoms with E-state index in [9.17, 15) is 4.39 Å². The highest BCUT2D eigenvalue weighted by Crippen LogP contribution is 2.12. The summed E-state index contributed by atoms with van der Waals surface area (Å²) in [4.78, 5) is 0. The van der Waals surface area contributed by atoms with Gasteiger partial charge in [0.15, 0.2) is 0 Å². The van der Waals surface area contributed by atoms with Crippen LogP contribution in [0.15, 0.2) is 0 Å². The van der Waals surface area contributed by atoms with Gasteiger partial charge in [-0.2, -0.15) is 0 Å². The number of rotatable bonds is 4. The summed E-state index contributed by atoms with van der Waals surface area (Å²) < 4.78 is 12.2. The van der Waals surface area contributed by atoms with Crippen LogP contribution in [-0.4, -0.2) is 6.17 Å². The van der Waals surface area contributed by atoms with E-state index in [1.165, 1.54) is 6.42 Å². The van der Waals surface area contributed by atoms with Gasteiger partial charge in [0, 0.05) is 0 Å². The van der Waals surface area contributed by atoms with Crippen LogP contribution in [0, 0.1) is 5.92 Å². The van der Waals surface area contributed by atoms with Crippen molar-refractivity contribution in [1.82, 2.24) is 0 Å². The third-order valence-electron chi connectivity index (χ3n) is 1.75. The Morgan fingerprint density at radius 3 is 2.11 bits per heavy atom. The van der Waals surface area contributed by atoms with E-state index in [0.29, 0.717) is 5.92 Å². The normalized spacial score (nSPS) is 17.3. The van der Waals surface area contributed by atoms with Gasteiger partial charge in [-0.05, 0) is 25.7 Å². The molecule has 0 aromatic heterocycles. The number of halogens is 1. The Kier molecular flexibility index (Phi) is 4.74. The van der Waals surface area contributed by atoms with Crippen molar-refractivity contribution in [2.75, 3.05) is 0 Å². The molecule has 0 N–H and O–H groups in total. The molecular weight excluding hydrogens is 115 g/mol. The van der Waals surface area contributed by atoms with Crippen LogP contribution in [0.2, 0.25) is 0 Å². The lowest BCUT2D eigenvalue weighted by atomic mass is 10.0. The van der Waals surface area contributed by atoms with Crippen molar-refractivity contribution in [1.29, 1.82) is 0 Å². The topological polar surface area (TPSA) is 0 Å². The minimum Gasteiger partial charge on any atom is -0.248 e. The fourth-order valence-corrected chi connectivity index (χ4v) is 0.718. The molecule has 0 saturated heterocycles. The van der Waals surface area contributed by atoms with Crippen LogP contribution in [0.4, 0.5) is 4.39 Å². The summed E-state index contributed by atoms with van der Waals surface area (Å²) >= 11 is 0. The molecule has 0 bridgehead atoms. The molecule has 2 atom stereocenters. The molecule has 0 aliphatic heterocycles. The largest absolute Gasteiger partial charge is 0.248 e. The molecule has 0 saturated carbocycles. The Labute approximate surface area is 57.5 Å². The Morgan fingerprint density at radius 2 is 1.78 bits per heavy atom. The Hall–Kier alpha value is -0.0700. The first-order valence-electron chi connectivity index (χ1n) is 3.80. The summed E-state index contributed by atoms with van der Waals surface area (Å²) in [5.41, 5.74) is 0. The van der Waals surface area contributed by atoms with Crippen LogP contribution in [0.5, 0.6) is 0 Å². The van der Waals surface area contributed by atoms with E-state index in [0.717, 1.165) is 12.8 Å². The van der Waals surface area contributed by atoms with Crippen molar-refractivity contribution in [3.63, 3.8) is 0 Å². The predicted molar refractivity (Wildman–Crippen MR) is 39.3 cm³/mol. The van der Waals surface area contributed by atoms with E-state index >= 15 is 0 Å². The quantitative estimate of drug-likeness (QED) is 0.551. The van der Waals surface area contributed by atoms with Gasteiger partial charge in [-0.3, -0.25) is 0 Å². The maximum absolute atomic E-state index is 12.2. The highest BCUT2D eigenvalue weighted by molar-refractivity contribution is 4.53. The summed E-state index contributed by atoms with van der Waals surface area (Å²) in [6, 6.07) is 0. The molecule has 0 fully saturated rings. The van der Waals surface area contributed by atoms with Gasteiger partial charge >= 0.3 is 0 Å². The highest BCUT2D eigenvalue weighted by Gasteiger charge is 2.01. The minimum atomic E-state index is -0.612. The minimum absolute atomic E-state index is 0.612. The highest BCUT2D eigenvalue weighted by atomic mass is 19.1. The molecule has 0 aliphatic rings. The van der Waals surface area contributed by atoms with Gasteiger partial charge in [0.25, 0.3) is 0 Å². The fourth-order valence-electron chi connectivity index (χ4n) is 0.718. The van der Waals surface area contributed by atoms with Gasteiger partial charge < -0.3 is 0 Å². The molecule has 0 nitrogen and oxygen atoms in total. The van der Waals surface area contributed by atoms with Gasteiger partial charge in [-0.15, -0.1) is 0 Å². The zero-order valence-electron chi connectivity index (χ0n) is 6.65. The third-order valence-corrected chi connectivity index (χ3v) is 1.75. The van der Waals surface area contributed by atoms with E-state index < -0.39 is 6.17 Å². The summed E-state index contributed by atoms with van der Waals surface area (Å²) in [7, 11) is 0. The summed E-state index contributed by atoms with van der Waals surface area (Å²) in [6.07, 6.45) is 2.33. The van der Waals surface area contributed by atoms with Crippen LogP contribution in [0.25, 0.3) is 0 Å². The first-order valence-corrected chi connectivity index (χ1v) is 3.80. The molecular formula is C8H17F. The Bertz CT molecular complexity index is 59.6. The van der Waals surface area contributed by atoms with Crippen molar-refractivity contribution >= 4 is 0 Å². The summed E-state index contributed by atoms with van der Waals surface area (Å²) in [5, 5.41) is 0. The van der Waals surface area contributed by atoms with E-state index in [1.807, 2.05) is 0 Å². The maximum atomic E-state index is 12.2. The smallest absolute Gasteiger partial charge is 0.0973 e. The second kappa shape index (κ2) is 4.78. The zero-order valence-corrected chi connectivity index (χ0v) is 6.65. The average molecular weight is 132 g/mol. The number of hydrogen-bond acceptors (Lipinski definition) is 0. The van der Waals surface area contributed by atoms with Crippen LogP contribution >= 0.6 is 0 Å². The molecule has 0 aromatic rings. The molecule has 0 spiro atoms. The van der Waals surface area contributed by atoms with Gasteiger partial charge in [0.1, 0.15) is 0 Å². The van der Waals surface area contributed by atoms with E-state index in [1.54, 1.807) is 6.92 Å². The Balaban J connectivity index is 3.06. The molecule has 9 heavy (non-hydrogen) atoms. The van der Waals surface area contributed by atoms with E-state index in [-0.39, 0.29) is 0 Å². The molecule has 0 aromatic carbocycles. The van der Waals surface area contributed by atoms with Crippen LogP contribution in [0.1, 0.15) is 40.0 Å². The Morgan fingerprint density at radius 1 is 1.22 bits per heavy atom. The second-order valence-electron chi connectivity index (χ2n) is 2.87. The fraction of sp³-hybridized carbons (Fsp3) is 1.00. The average Bonchev–Trinajstić information content (AvgIpc) is 1.83. The van der Waals surface area contributed by atoms with Crippen LogP contribution in [0.3, 0.4) is 0 Å². The van der Waals surface area contributed by atoms with Crippen LogP contribution < -0.4 is 0 Å². The molecule has 0 rings (SSSR count). The molecule has 0 heterocycles. The van der Waals surface area contributed by atoms with E-state index in [2.05, 4.69) is 13.8 Å². The van der Waals surface area contributed by atoms with Crippen molar-refractivity contribution in [3.05, 3.63) is 0 Å². The van der Waals surface area contributed by atoms with Crippen LogP contribution in [-0.2, 0) is 0 Å². The van der Waals surface area contributed by atoms with Gasteiger partial charge in [-0.1, -0.05) is 20.3 Å². The molecule has 0 radical (unpaired) electrons. The molecule has 0 aliphatic carbocycles. The van der Waals surface area contributed by atoms with Gasteiger partial charge in [-0.25, -0.2) is 4.39 Å². The first-order chi connectivity index (χ1) is 4.16. The summed E-state index contributed by atoms with van der Waals surface area (Å²) in [5.74, 6) is 0.697. The van der Waals surface area contributed by atoms with Gasteiger partial charge in [0.2, 0.25) is 0 Å². The van der Waals surface area contributed by atoms with E-state index in [4.69, 9.17) is 0 Å². The second-order valence-corrected chi connectivity index (χ2v) is 2.87. The SMILES string of the molecule is CCC(C)CCC(C)F. The lowest BCUT2D eigenvalue weighted by Crippen LogP contribution is -1.98. The lowest BCUT2D eigenvalue weighted by molar-refractivity contribution is 0.312. The first kappa shape index (κ1) is 8.93. The summed E-state index contributed by atoms with van der Waals surface area (Å²) in [6.45, 7) is 5.94. The van der Waals surface area contributed by atoms with Crippen molar-refractivity contribution < 1.29 is 4.39 Å². The third kappa shape index (κ3) is 5.81. The monoisotopic (exact) mass is 132 g/mol. The zero-order chi connectivity index (χ0) is 7.28. The van der Waals surface area contributed by atoms with Gasteiger partial charge in [0.05, 0.1) is 6.17 Å². The number of alkyl halides is 1. The van der Waals surface area contributed by atoms with Crippen molar-refractivity contribution in [2.45, 2.75) is 46.2 Å². The predicted octanol–water partition coefficient (Wildman–Crippen LogP) is 3.17. The van der Waals surface area contributed by atoms with Crippen molar-refractivity contribution in [3.8, 4) is 0 Å². The molecule has 2 unspecified atom stereocenters. The maximum Gasteiger partial charge on any atom is 0.0973 e. The number of hydrogen-bond donors (Lipinski definition) is 0.